The van der Waals surface area contributed by atoms with Gasteiger partial charge in [0, 0.05) is 6.42 Å². The zero-order valence-electron chi connectivity index (χ0n) is 44.4. The molecule has 68 heavy (non-hydrogen) atoms. The highest BCUT2D eigenvalue weighted by atomic mass is 16.7. The monoisotopic (exact) mass is 962 g/mol. The smallest absolute Gasteiger partial charge is 0.220 e. The first-order valence-electron chi connectivity index (χ1n) is 29.2. The van der Waals surface area contributed by atoms with Crippen LogP contribution >= 0.6 is 0 Å². The van der Waals surface area contributed by atoms with Crippen molar-refractivity contribution in [2.75, 3.05) is 13.2 Å². The Morgan fingerprint density at radius 2 is 0.838 bits per heavy atom. The van der Waals surface area contributed by atoms with Crippen molar-refractivity contribution in [2.24, 2.45) is 0 Å². The van der Waals surface area contributed by atoms with Crippen LogP contribution in [0.15, 0.2) is 36.5 Å². The number of ether oxygens (including phenoxy) is 2. The number of rotatable bonds is 50. The molecule has 0 saturated carbocycles. The lowest BCUT2D eigenvalue weighted by atomic mass is 9.99. The number of amides is 1. The number of allylic oxidation sites excluding steroid dienone is 5. The van der Waals surface area contributed by atoms with E-state index < -0.39 is 49.5 Å². The van der Waals surface area contributed by atoms with Crippen molar-refractivity contribution in [3.05, 3.63) is 36.5 Å². The minimum Gasteiger partial charge on any atom is -0.394 e. The largest absolute Gasteiger partial charge is 0.394 e. The molecule has 0 bridgehead atoms. The minimum atomic E-state index is -1.57. The first-order valence-corrected chi connectivity index (χ1v) is 29.2. The molecule has 1 amide bonds. The van der Waals surface area contributed by atoms with E-state index in [-0.39, 0.29) is 12.5 Å². The Hall–Kier alpha value is -1.59. The summed E-state index contributed by atoms with van der Waals surface area (Å²) in [5.74, 6) is -0.186. The van der Waals surface area contributed by atoms with E-state index in [1.54, 1.807) is 6.08 Å². The Morgan fingerprint density at radius 1 is 0.485 bits per heavy atom. The van der Waals surface area contributed by atoms with Crippen LogP contribution in [0.2, 0.25) is 0 Å². The van der Waals surface area contributed by atoms with Gasteiger partial charge in [-0.3, -0.25) is 4.79 Å². The second kappa shape index (κ2) is 49.0. The van der Waals surface area contributed by atoms with E-state index in [4.69, 9.17) is 9.47 Å². The van der Waals surface area contributed by atoms with Crippen molar-refractivity contribution in [2.45, 2.75) is 320 Å². The fourth-order valence-corrected chi connectivity index (χ4v) is 9.31. The zero-order valence-corrected chi connectivity index (χ0v) is 44.4. The molecule has 400 valence electrons. The van der Waals surface area contributed by atoms with Gasteiger partial charge in [-0.1, -0.05) is 262 Å². The van der Waals surface area contributed by atoms with Crippen molar-refractivity contribution in [1.82, 2.24) is 5.32 Å². The average molecular weight is 963 g/mol. The first kappa shape index (κ1) is 64.4. The van der Waals surface area contributed by atoms with Gasteiger partial charge in [-0.05, 0) is 44.9 Å². The van der Waals surface area contributed by atoms with Gasteiger partial charge in [-0.15, -0.1) is 0 Å². The molecule has 9 heteroatoms. The number of carbonyl (C=O) groups is 1. The van der Waals surface area contributed by atoms with Crippen molar-refractivity contribution in [3.63, 3.8) is 0 Å². The Labute approximate surface area is 419 Å². The molecule has 6 N–H and O–H groups in total. The summed E-state index contributed by atoms with van der Waals surface area (Å²) < 4.78 is 11.3. The van der Waals surface area contributed by atoms with Crippen LogP contribution in [-0.2, 0) is 14.3 Å². The summed E-state index contributed by atoms with van der Waals surface area (Å²) >= 11 is 0. The van der Waals surface area contributed by atoms with Gasteiger partial charge in [0.05, 0.1) is 25.4 Å². The molecule has 1 aliphatic rings. The number of nitrogens with one attached hydrogen (secondary N) is 1. The standard InChI is InChI=1S/C59H111NO8/c1-3-5-7-9-11-13-15-17-19-21-23-25-26-27-28-29-31-33-35-37-39-41-43-45-47-49-55(63)60-52(51-67-59-58(66)57(65)56(64)54(50-61)68-59)53(62)48-46-44-42-40-38-36-34-32-30-24-22-20-18-16-14-12-10-8-6-4-2/h30,32,38,40,46,48,52-54,56-59,61-62,64-66H,3-29,31,33-37,39,41-45,47,49-51H2,1-2H3,(H,60,63)/b32-30+,40-38+,48-46+. The summed E-state index contributed by atoms with van der Waals surface area (Å²) in [6.07, 6.45) is 56.4. The number of carbonyl (C=O) groups excluding carboxylic acids is 1. The molecule has 0 aromatic heterocycles. The molecule has 0 aromatic carbocycles. The number of hydrogen-bond donors (Lipinski definition) is 6. The third kappa shape index (κ3) is 38.1. The Kier molecular flexibility index (Phi) is 46.4. The summed E-state index contributed by atoms with van der Waals surface area (Å²) in [5, 5.41) is 54.5. The molecule has 1 fully saturated rings. The molecule has 0 spiro atoms. The predicted molar refractivity (Wildman–Crippen MR) is 286 cm³/mol. The number of unbranched alkanes of at least 4 members (excludes halogenated alkanes) is 36. The lowest BCUT2D eigenvalue weighted by Crippen LogP contribution is -2.60. The maximum absolute atomic E-state index is 13.1. The third-order valence-electron chi connectivity index (χ3n) is 13.9. The second-order valence-electron chi connectivity index (χ2n) is 20.4. The zero-order chi connectivity index (χ0) is 49.4. The lowest BCUT2D eigenvalue weighted by molar-refractivity contribution is -0.302. The normalized spacial score (nSPS) is 19.8. The topological polar surface area (TPSA) is 149 Å². The van der Waals surface area contributed by atoms with Gasteiger partial charge in [0.25, 0.3) is 0 Å². The van der Waals surface area contributed by atoms with Crippen LogP contribution in [-0.4, -0.2) is 87.5 Å². The fourth-order valence-electron chi connectivity index (χ4n) is 9.31. The summed E-state index contributed by atoms with van der Waals surface area (Å²) in [6.45, 7) is 3.79. The molecule has 7 unspecified atom stereocenters. The van der Waals surface area contributed by atoms with E-state index in [0.29, 0.717) is 6.42 Å². The molecule has 1 saturated heterocycles. The van der Waals surface area contributed by atoms with Gasteiger partial charge in [0.15, 0.2) is 6.29 Å². The Bertz CT molecular complexity index is 1160. The van der Waals surface area contributed by atoms with Gasteiger partial charge in [0.2, 0.25) is 5.91 Å². The van der Waals surface area contributed by atoms with Crippen molar-refractivity contribution < 1.29 is 39.8 Å². The molecular formula is C59H111NO8. The molecule has 1 rings (SSSR count). The van der Waals surface area contributed by atoms with E-state index in [2.05, 4.69) is 43.5 Å². The Balaban J connectivity index is 2.24. The van der Waals surface area contributed by atoms with Gasteiger partial charge < -0.3 is 40.3 Å². The molecular weight excluding hydrogens is 851 g/mol. The average Bonchev–Trinajstić information content (AvgIpc) is 3.34. The molecule has 1 aliphatic heterocycles. The molecule has 0 radical (unpaired) electrons. The van der Waals surface area contributed by atoms with Crippen LogP contribution in [0, 0.1) is 0 Å². The van der Waals surface area contributed by atoms with Crippen LogP contribution < -0.4 is 5.32 Å². The SMILES string of the molecule is CCCCCCCCCCCC/C=C/CC/C=C/CC/C=C/C(O)C(COC1OC(CO)C(O)C(O)C1O)NC(=O)CCCCCCCCCCCCCCCCCCCCCCCCCCC. The van der Waals surface area contributed by atoms with Crippen LogP contribution in [0.4, 0.5) is 0 Å². The van der Waals surface area contributed by atoms with Gasteiger partial charge in [0.1, 0.15) is 24.4 Å². The molecule has 1 heterocycles. The highest BCUT2D eigenvalue weighted by Crippen LogP contribution is 2.23. The highest BCUT2D eigenvalue weighted by Gasteiger charge is 2.44. The summed E-state index contributed by atoms with van der Waals surface area (Å²) in [5.41, 5.74) is 0. The van der Waals surface area contributed by atoms with Crippen molar-refractivity contribution in [1.29, 1.82) is 0 Å². The van der Waals surface area contributed by atoms with E-state index in [1.807, 2.05) is 6.08 Å². The number of hydrogen-bond acceptors (Lipinski definition) is 8. The molecule has 0 aliphatic carbocycles. The maximum atomic E-state index is 13.1. The molecule has 9 nitrogen and oxygen atoms in total. The van der Waals surface area contributed by atoms with E-state index in [9.17, 15) is 30.3 Å². The third-order valence-corrected chi connectivity index (χ3v) is 13.9. The number of aliphatic hydroxyl groups excluding tert-OH is 5. The summed E-state index contributed by atoms with van der Waals surface area (Å²) in [4.78, 5) is 13.1. The van der Waals surface area contributed by atoms with Crippen LogP contribution in [0.25, 0.3) is 0 Å². The predicted octanol–water partition coefficient (Wildman–Crippen LogP) is 14.4. The highest BCUT2D eigenvalue weighted by molar-refractivity contribution is 5.76. The number of aliphatic hydroxyl groups is 5. The van der Waals surface area contributed by atoms with Crippen molar-refractivity contribution in [3.8, 4) is 0 Å². The Morgan fingerprint density at radius 3 is 1.24 bits per heavy atom. The second-order valence-corrected chi connectivity index (χ2v) is 20.4. The summed E-state index contributed by atoms with van der Waals surface area (Å²) in [7, 11) is 0. The van der Waals surface area contributed by atoms with Crippen molar-refractivity contribution >= 4 is 5.91 Å². The van der Waals surface area contributed by atoms with E-state index >= 15 is 0 Å². The van der Waals surface area contributed by atoms with Gasteiger partial charge in [-0.2, -0.15) is 0 Å². The van der Waals surface area contributed by atoms with Crippen LogP contribution in [0.5, 0.6) is 0 Å². The first-order chi connectivity index (χ1) is 33.3. The van der Waals surface area contributed by atoms with Crippen LogP contribution in [0.3, 0.4) is 0 Å². The van der Waals surface area contributed by atoms with E-state index in [0.717, 1.165) is 44.9 Å². The minimum absolute atomic E-state index is 0.186. The molecule has 0 aromatic rings. The van der Waals surface area contributed by atoms with E-state index in [1.165, 1.54) is 212 Å². The molecule has 7 atom stereocenters. The quantitative estimate of drug-likeness (QED) is 0.0261. The van der Waals surface area contributed by atoms with Crippen LogP contribution in [0.1, 0.15) is 277 Å². The van der Waals surface area contributed by atoms with Gasteiger partial charge in [-0.25, -0.2) is 0 Å². The fraction of sp³-hybridized carbons (Fsp3) is 0.881. The lowest BCUT2D eigenvalue weighted by Gasteiger charge is -2.40. The summed E-state index contributed by atoms with van der Waals surface area (Å²) in [6, 6.07) is -0.826. The van der Waals surface area contributed by atoms with Gasteiger partial charge >= 0.3 is 0 Å². The maximum Gasteiger partial charge on any atom is 0.220 e.